The van der Waals surface area contributed by atoms with E-state index in [9.17, 15) is 19.5 Å². The van der Waals surface area contributed by atoms with E-state index < -0.39 is 23.7 Å². The van der Waals surface area contributed by atoms with Crippen molar-refractivity contribution in [2.24, 2.45) is 0 Å². The number of nitrogens with one attached hydrogen (secondary N) is 2. The van der Waals surface area contributed by atoms with Gasteiger partial charge in [0.2, 0.25) is 5.91 Å². The Morgan fingerprint density at radius 3 is 2.31 bits per heavy atom. The van der Waals surface area contributed by atoms with Gasteiger partial charge in [-0.1, -0.05) is 29.8 Å². The van der Waals surface area contributed by atoms with Crippen LogP contribution < -0.4 is 10.6 Å². The van der Waals surface area contributed by atoms with Crippen molar-refractivity contribution in [3.63, 3.8) is 0 Å². The van der Waals surface area contributed by atoms with Crippen molar-refractivity contribution in [2.45, 2.75) is 77.9 Å². The van der Waals surface area contributed by atoms with E-state index in [1.54, 1.807) is 20.8 Å². The van der Waals surface area contributed by atoms with E-state index in [0.29, 0.717) is 32.2 Å². The van der Waals surface area contributed by atoms with Gasteiger partial charge in [-0.25, -0.2) is 9.59 Å². The van der Waals surface area contributed by atoms with Gasteiger partial charge < -0.3 is 20.5 Å². The molecule has 7 nitrogen and oxygen atoms in total. The molecule has 1 rings (SSSR count). The molecular weight excluding hydrogens is 372 g/mol. The Kier molecular flexibility index (Phi) is 10.2. The van der Waals surface area contributed by atoms with E-state index >= 15 is 0 Å². The predicted molar refractivity (Wildman–Crippen MR) is 112 cm³/mol. The zero-order valence-electron chi connectivity index (χ0n) is 17.9. The summed E-state index contributed by atoms with van der Waals surface area (Å²) in [6.07, 6.45) is 2.73. The van der Waals surface area contributed by atoms with Crippen molar-refractivity contribution >= 4 is 18.0 Å². The number of hydrogen-bond donors (Lipinski definition) is 3. The molecule has 3 N–H and O–H groups in total. The smallest absolute Gasteiger partial charge is 0.407 e. The summed E-state index contributed by atoms with van der Waals surface area (Å²) in [7, 11) is 0. The summed E-state index contributed by atoms with van der Waals surface area (Å²) >= 11 is 0. The summed E-state index contributed by atoms with van der Waals surface area (Å²) < 4.78 is 5.13. The highest BCUT2D eigenvalue weighted by Gasteiger charge is 2.19. The van der Waals surface area contributed by atoms with Crippen LogP contribution in [0.2, 0.25) is 0 Å². The van der Waals surface area contributed by atoms with Gasteiger partial charge in [0.05, 0.1) is 0 Å². The molecule has 0 spiro atoms. The van der Waals surface area contributed by atoms with Crippen LogP contribution in [0.3, 0.4) is 0 Å². The minimum Gasteiger partial charge on any atom is -0.480 e. The first-order valence-corrected chi connectivity index (χ1v) is 10.1. The molecule has 0 aliphatic carbocycles. The summed E-state index contributed by atoms with van der Waals surface area (Å²) in [4.78, 5) is 35.0. The third-order valence-electron chi connectivity index (χ3n) is 4.21. The van der Waals surface area contributed by atoms with Gasteiger partial charge in [-0.2, -0.15) is 0 Å². The number of amides is 2. The molecule has 0 radical (unpaired) electrons. The van der Waals surface area contributed by atoms with E-state index in [1.807, 2.05) is 31.2 Å². The molecule has 0 fully saturated rings. The first-order chi connectivity index (χ1) is 13.6. The number of aliphatic carboxylic acids is 1. The van der Waals surface area contributed by atoms with Crippen molar-refractivity contribution < 1.29 is 24.2 Å². The monoisotopic (exact) mass is 406 g/mol. The second-order valence-electron chi connectivity index (χ2n) is 8.22. The molecule has 1 unspecified atom stereocenters. The van der Waals surface area contributed by atoms with Gasteiger partial charge in [-0.15, -0.1) is 0 Å². The van der Waals surface area contributed by atoms with Crippen LogP contribution >= 0.6 is 0 Å². The molecular formula is C22H34N2O5. The molecule has 0 aliphatic heterocycles. The third-order valence-corrected chi connectivity index (χ3v) is 4.21. The van der Waals surface area contributed by atoms with Gasteiger partial charge in [0.1, 0.15) is 11.6 Å². The Balaban J connectivity index is 2.24. The number of alkyl carbamates (subject to hydrolysis) is 1. The molecule has 2 amide bonds. The number of benzene rings is 1. The molecule has 7 heteroatoms. The molecule has 1 atom stereocenters. The van der Waals surface area contributed by atoms with Gasteiger partial charge in [0, 0.05) is 13.0 Å². The maximum atomic E-state index is 12.1. The molecule has 0 bridgehead atoms. The Hall–Kier alpha value is -2.57. The first-order valence-electron chi connectivity index (χ1n) is 10.1. The maximum Gasteiger partial charge on any atom is 0.407 e. The van der Waals surface area contributed by atoms with Crippen LogP contribution in [0.1, 0.15) is 64.0 Å². The van der Waals surface area contributed by atoms with Crippen molar-refractivity contribution in [3.8, 4) is 0 Å². The fourth-order valence-electron chi connectivity index (χ4n) is 2.71. The number of aryl methyl sites for hydroxylation is 2. The SMILES string of the molecule is Cc1ccc(CCCC(=O)NC(CCCCNC(=O)OC(C)(C)C)C(=O)O)cc1. The summed E-state index contributed by atoms with van der Waals surface area (Å²) in [5.74, 6) is -1.30. The second-order valence-corrected chi connectivity index (χ2v) is 8.22. The summed E-state index contributed by atoms with van der Waals surface area (Å²) in [6.45, 7) is 7.77. The number of unbranched alkanes of at least 4 members (excludes halogenated alkanes) is 1. The Bertz CT molecular complexity index is 665. The lowest BCUT2D eigenvalue weighted by molar-refractivity contribution is -0.142. The van der Waals surface area contributed by atoms with Gasteiger partial charge in [0.25, 0.3) is 0 Å². The lowest BCUT2D eigenvalue weighted by Crippen LogP contribution is -2.40. The molecule has 1 aromatic rings. The van der Waals surface area contributed by atoms with Gasteiger partial charge in [-0.3, -0.25) is 4.79 Å². The number of carboxylic acid groups (broad SMARTS) is 1. The highest BCUT2D eigenvalue weighted by atomic mass is 16.6. The molecule has 0 aromatic heterocycles. The highest BCUT2D eigenvalue weighted by molar-refractivity contribution is 5.83. The summed E-state index contributed by atoms with van der Waals surface area (Å²) in [6, 6.07) is 7.24. The second kappa shape index (κ2) is 12.1. The lowest BCUT2D eigenvalue weighted by atomic mass is 10.1. The molecule has 0 saturated heterocycles. The van der Waals surface area contributed by atoms with Crippen LogP contribution in [0, 0.1) is 6.92 Å². The number of carboxylic acids is 1. The van der Waals surface area contributed by atoms with Gasteiger partial charge in [-0.05, 0) is 65.4 Å². The van der Waals surface area contributed by atoms with E-state index in [2.05, 4.69) is 10.6 Å². The van der Waals surface area contributed by atoms with Crippen molar-refractivity contribution in [1.29, 1.82) is 0 Å². The van der Waals surface area contributed by atoms with Crippen molar-refractivity contribution in [3.05, 3.63) is 35.4 Å². The van der Waals surface area contributed by atoms with E-state index in [4.69, 9.17) is 4.74 Å². The zero-order valence-corrected chi connectivity index (χ0v) is 17.9. The molecule has 1 aromatic carbocycles. The van der Waals surface area contributed by atoms with Crippen LogP contribution in [0.15, 0.2) is 24.3 Å². The average molecular weight is 407 g/mol. The van der Waals surface area contributed by atoms with E-state index in [-0.39, 0.29) is 12.3 Å². The first kappa shape index (κ1) is 24.5. The maximum absolute atomic E-state index is 12.1. The average Bonchev–Trinajstić information content (AvgIpc) is 2.60. The Morgan fingerprint density at radius 2 is 1.72 bits per heavy atom. The number of carbonyl (C=O) groups is 3. The molecule has 0 heterocycles. The Morgan fingerprint density at radius 1 is 1.07 bits per heavy atom. The summed E-state index contributed by atoms with van der Waals surface area (Å²) in [5.41, 5.74) is 1.80. The molecule has 0 aliphatic rings. The third kappa shape index (κ3) is 11.8. The minimum absolute atomic E-state index is 0.253. The van der Waals surface area contributed by atoms with Crippen molar-refractivity contribution in [2.75, 3.05) is 6.54 Å². The van der Waals surface area contributed by atoms with E-state index in [1.165, 1.54) is 5.56 Å². The predicted octanol–water partition coefficient (Wildman–Crippen LogP) is 3.58. The quantitative estimate of drug-likeness (QED) is 0.487. The minimum atomic E-state index is -1.04. The fourth-order valence-corrected chi connectivity index (χ4v) is 2.71. The van der Waals surface area contributed by atoms with Crippen LogP contribution in [-0.4, -0.2) is 41.3 Å². The standard InChI is InChI=1S/C22H34N2O5/c1-16-11-13-17(14-12-16)8-7-10-19(25)24-18(20(26)27)9-5-6-15-23-21(28)29-22(2,3)4/h11-14,18H,5-10,15H2,1-4H3,(H,23,28)(H,24,25)(H,26,27). The van der Waals surface area contributed by atoms with Gasteiger partial charge >= 0.3 is 12.1 Å². The van der Waals surface area contributed by atoms with Crippen LogP contribution in [0.5, 0.6) is 0 Å². The fraction of sp³-hybridized carbons (Fsp3) is 0.591. The Labute approximate surface area is 173 Å². The number of rotatable bonds is 11. The molecule has 0 saturated carbocycles. The van der Waals surface area contributed by atoms with Crippen molar-refractivity contribution in [1.82, 2.24) is 10.6 Å². The van der Waals surface area contributed by atoms with Gasteiger partial charge in [0.15, 0.2) is 0 Å². The molecule has 29 heavy (non-hydrogen) atoms. The number of ether oxygens (including phenoxy) is 1. The zero-order chi connectivity index (χ0) is 21.9. The summed E-state index contributed by atoms with van der Waals surface area (Å²) in [5, 5.41) is 14.5. The van der Waals surface area contributed by atoms with Crippen LogP contribution in [0.25, 0.3) is 0 Å². The number of carbonyl (C=O) groups excluding carboxylic acids is 2. The normalized spacial score (nSPS) is 12.1. The molecule has 162 valence electrons. The van der Waals surface area contributed by atoms with E-state index in [0.717, 1.165) is 12.0 Å². The number of hydrogen-bond acceptors (Lipinski definition) is 4. The largest absolute Gasteiger partial charge is 0.480 e. The lowest BCUT2D eigenvalue weighted by Gasteiger charge is -2.19. The van der Waals surface area contributed by atoms with Crippen LogP contribution in [-0.2, 0) is 20.7 Å². The highest BCUT2D eigenvalue weighted by Crippen LogP contribution is 2.09. The topological polar surface area (TPSA) is 105 Å². The van der Waals surface area contributed by atoms with Crippen LogP contribution in [0.4, 0.5) is 4.79 Å².